The van der Waals surface area contributed by atoms with Crippen LogP contribution in [-0.2, 0) is 15.8 Å². The van der Waals surface area contributed by atoms with Gasteiger partial charge >= 0.3 is 0 Å². The lowest BCUT2D eigenvalue weighted by atomic mass is 10.2. The summed E-state index contributed by atoms with van der Waals surface area (Å²) < 4.78 is 26.9. The number of sulfonamides is 1. The second-order valence-corrected chi connectivity index (χ2v) is 7.95. The van der Waals surface area contributed by atoms with Crippen molar-refractivity contribution < 1.29 is 8.42 Å². The van der Waals surface area contributed by atoms with Crippen molar-refractivity contribution in [2.24, 2.45) is 0 Å². The van der Waals surface area contributed by atoms with Gasteiger partial charge in [-0.05, 0) is 24.6 Å². The zero-order chi connectivity index (χ0) is 16.3. The topological polar surface area (TPSA) is 40.6 Å². The van der Waals surface area contributed by atoms with Crippen LogP contribution in [0.2, 0.25) is 0 Å². The molecule has 3 rings (SSSR count). The van der Waals surface area contributed by atoms with Crippen LogP contribution in [0.25, 0.3) is 0 Å². The standard InChI is InChI=1S/C18H22N2O2S/c1-16-14-19(12-13-20(16)18-10-6-3-7-11-18)23(21,22)15-17-8-4-2-5-9-17/h2-11,16H,12-15H2,1H3. The van der Waals surface area contributed by atoms with E-state index in [-0.39, 0.29) is 11.8 Å². The zero-order valence-corrected chi connectivity index (χ0v) is 14.1. The summed E-state index contributed by atoms with van der Waals surface area (Å²) >= 11 is 0. The fraction of sp³-hybridized carbons (Fsp3) is 0.333. The van der Waals surface area contributed by atoms with Crippen molar-refractivity contribution in [1.82, 2.24) is 4.31 Å². The van der Waals surface area contributed by atoms with Gasteiger partial charge in [0.2, 0.25) is 10.0 Å². The van der Waals surface area contributed by atoms with Crippen LogP contribution in [-0.4, -0.2) is 38.4 Å². The Labute approximate surface area is 138 Å². The minimum Gasteiger partial charge on any atom is -0.366 e. The molecule has 5 heteroatoms. The largest absolute Gasteiger partial charge is 0.366 e. The lowest BCUT2D eigenvalue weighted by Gasteiger charge is -2.40. The molecule has 23 heavy (non-hydrogen) atoms. The Hall–Kier alpha value is -1.85. The Bertz CT molecular complexity index is 732. The van der Waals surface area contributed by atoms with E-state index in [2.05, 4.69) is 24.0 Å². The van der Waals surface area contributed by atoms with Crippen molar-refractivity contribution in [2.45, 2.75) is 18.7 Å². The molecule has 122 valence electrons. The predicted molar refractivity (Wildman–Crippen MR) is 93.9 cm³/mol. The van der Waals surface area contributed by atoms with Crippen LogP contribution in [0.5, 0.6) is 0 Å². The van der Waals surface area contributed by atoms with Gasteiger partial charge in [-0.3, -0.25) is 0 Å². The molecule has 0 bridgehead atoms. The van der Waals surface area contributed by atoms with Crippen LogP contribution in [0, 0.1) is 0 Å². The summed E-state index contributed by atoms with van der Waals surface area (Å²) in [6.07, 6.45) is 0. The smallest absolute Gasteiger partial charge is 0.218 e. The third-order valence-corrected chi connectivity index (χ3v) is 6.08. The molecule has 0 amide bonds. The van der Waals surface area contributed by atoms with Gasteiger partial charge in [0.15, 0.2) is 0 Å². The summed E-state index contributed by atoms with van der Waals surface area (Å²) in [5.41, 5.74) is 1.99. The van der Waals surface area contributed by atoms with Crippen LogP contribution in [0.1, 0.15) is 12.5 Å². The third-order valence-electron chi connectivity index (χ3n) is 4.26. The van der Waals surface area contributed by atoms with E-state index < -0.39 is 10.0 Å². The van der Waals surface area contributed by atoms with Gasteiger partial charge in [-0.15, -0.1) is 0 Å². The maximum Gasteiger partial charge on any atom is 0.218 e. The first kappa shape index (κ1) is 16.0. The molecule has 2 aromatic carbocycles. The van der Waals surface area contributed by atoms with Gasteiger partial charge in [-0.25, -0.2) is 8.42 Å². The third kappa shape index (κ3) is 3.74. The Balaban J connectivity index is 1.69. The van der Waals surface area contributed by atoms with Gasteiger partial charge in [0.05, 0.1) is 5.75 Å². The highest BCUT2D eigenvalue weighted by Crippen LogP contribution is 2.22. The predicted octanol–water partition coefficient (Wildman–Crippen LogP) is 2.73. The van der Waals surface area contributed by atoms with Crippen molar-refractivity contribution in [3.63, 3.8) is 0 Å². The summed E-state index contributed by atoms with van der Waals surface area (Å²) in [6, 6.07) is 19.7. The Morgan fingerprint density at radius 1 is 0.957 bits per heavy atom. The summed E-state index contributed by atoms with van der Waals surface area (Å²) in [7, 11) is -3.27. The molecule has 0 aromatic heterocycles. The average Bonchev–Trinajstić information content (AvgIpc) is 2.56. The van der Waals surface area contributed by atoms with Gasteiger partial charge in [-0.2, -0.15) is 4.31 Å². The quantitative estimate of drug-likeness (QED) is 0.865. The van der Waals surface area contributed by atoms with E-state index in [1.54, 1.807) is 4.31 Å². The molecule has 1 unspecified atom stereocenters. The molecule has 4 nitrogen and oxygen atoms in total. The number of rotatable bonds is 4. The summed E-state index contributed by atoms with van der Waals surface area (Å²) in [4.78, 5) is 2.27. The highest BCUT2D eigenvalue weighted by Gasteiger charge is 2.31. The van der Waals surface area contributed by atoms with Crippen molar-refractivity contribution in [3.05, 3.63) is 66.2 Å². The molecular weight excluding hydrogens is 308 g/mol. The van der Waals surface area contributed by atoms with Crippen LogP contribution in [0.15, 0.2) is 60.7 Å². The van der Waals surface area contributed by atoms with Crippen molar-refractivity contribution in [2.75, 3.05) is 24.5 Å². The summed E-state index contributed by atoms with van der Waals surface area (Å²) in [5.74, 6) is 0.0753. The van der Waals surface area contributed by atoms with E-state index in [0.29, 0.717) is 13.1 Å². The van der Waals surface area contributed by atoms with Gasteiger partial charge < -0.3 is 4.90 Å². The Kier molecular flexibility index (Phi) is 4.68. The Morgan fingerprint density at radius 2 is 1.57 bits per heavy atom. The Morgan fingerprint density at radius 3 is 2.17 bits per heavy atom. The normalized spacial score (nSPS) is 19.7. The molecule has 1 aliphatic heterocycles. The van der Waals surface area contributed by atoms with E-state index >= 15 is 0 Å². The van der Waals surface area contributed by atoms with Crippen LogP contribution in [0.4, 0.5) is 5.69 Å². The van der Waals surface area contributed by atoms with E-state index in [1.807, 2.05) is 48.5 Å². The molecule has 1 atom stereocenters. The first-order chi connectivity index (χ1) is 11.1. The molecule has 0 spiro atoms. The lowest BCUT2D eigenvalue weighted by Crippen LogP contribution is -2.53. The maximum absolute atomic E-state index is 12.7. The number of piperazine rings is 1. The van der Waals surface area contributed by atoms with Gasteiger partial charge in [0.25, 0.3) is 0 Å². The fourth-order valence-electron chi connectivity index (χ4n) is 3.06. The van der Waals surface area contributed by atoms with Crippen LogP contribution < -0.4 is 4.90 Å². The first-order valence-electron chi connectivity index (χ1n) is 7.90. The minimum atomic E-state index is -3.27. The number of benzene rings is 2. The molecule has 0 N–H and O–H groups in total. The number of hydrogen-bond acceptors (Lipinski definition) is 3. The minimum absolute atomic E-state index is 0.0753. The number of nitrogens with zero attached hydrogens (tertiary/aromatic N) is 2. The van der Waals surface area contributed by atoms with Gasteiger partial charge in [0.1, 0.15) is 0 Å². The second-order valence-electron chi connectivity index (χ2n) is 5.98. The zero-order valence-electron chi connectivity index (χ0n) is 13.3. The van der Waals surface area contributed by atoms with Crippen molar-refractivity contribution in [1.29, 1.82) is 0 Å². The monoisotopic (exact) mass is 330 g/mol. The molecular formula is C18H22N2O2S. The molecule has 1 heterocycles. The van der Waals surface area contributed by atoms with Crippen LogP contribution in [0.3, 0.4) is 0 Å². The van der Waals surface area contributed by atoms with E-state index in [4.69, 9.17) is 0 Å². The van der Waals surface area contributed by atoms with Crippen LogP contribution >= 0.6 is 0 Å². The van der Waals surface area contributed by atoms with E-state index in [0.717, 1.165) is 17.8 Å². The summed E-state index contributed by atoms with van der Waals surface area (Å²) in [6.45, 7) is 3.87. The lowest BCUT2D eigenvalue weighted by molar-refractivity contribution is 0.342. The van der Waals surface area contributed by atoms with Crippen molar-refractivity contribution >= 4 is 15.7 Å². The SMILES string of the molecule is CC1CN(S(=O)(=O)Cc2ccccc2)CCN1c1ccccc1. The maximum atomic E-state index is 12.7. The molecule has 1 fully saturated rings. The molecule has 1 aliphatic rings. The summed E-state index contributed by atoms with van der Waals surface area (Å²) in [5, 5.41) is 0. The van der Waals surface area contributed by atoms with Gasteiger partial charge in [0, 0.05) is 31.4 Å². The molecule has 0 aliphatic carbocycles. The first-order valence-corrected chi connectivity index (χ1v) is 9.50. The number of hydrogen-bond donors (Lipinski definition) is 0. The number of anilines is 1. The highest BCUT2D eigenvalue weighted by molar-refractivity contribution is 7.88. The number of para-hydroxylation sites is 1. The molecule has 0 saturated carbocycles. The van der Waals surface area contributed by atoms with E-state index in [1.165, 1.54) is 0 Å². The molecule has 0 radical (unpaired) electrons. The second kappa shape index (κ2) is 6.72. The molecule has 2 aromatic rings. The average molecular weight is 330 g/mol. The fourth-order valence-corrected chi connectivity index (χ4v) is 4.65. The highest BCUT2D eigenvalue weighted by atomic mass is 32.2. The molecule has 1 saturated heterocycles. The van der Waals surface area contributed by atoms with Gasteiger partial charge in [-0.1, -0.05) is 48.5 Å². The van der Waals surface area contributed by atoms with E-state index in [9.17, 15) is 8.42 Å². The van der Waals surface area contributed by atoms with Crippen molar-refractivity contribution in [3.8, 4) is 0 Å².